The normalized spacial score (nSPS) is 12.0. The Labute approximate surface area is 126 Å². The Bertz CT molecular complexity index is 446. The zero-order chi connectivity index (χ0) is 15.7. The Morgan fingerprint density at radius 2 is 1.71 bits per heavy atom. The summed E-state index contributed by atoms with van der Waals surface area (Å²) in [6.07, 6.45) is 0.894. The van der Waals surface area contributed by atoms with Crippen molar-refractivity contribution in [3.8, 4) is 0 Å². The van der Waals surface area contributed by atoms with Crippen molar-refractivity contribution in [2.75, 3.05) is 20.1 Å². The average Bonchev–Trinajstić information content (AvgIpc) is 2.46. The Hall–Kier alpha value is -1.88. The van der Waals surface area contributed by atoms with Crippen LogP contribution in [0.5, 0.6) is 0 Å². The molecule has 0 spiro atoms. The van der Waals surface area contributed by atoms with Gasteiger partial charge >= 0.3 is 0 Å². The fourth-order valence-electron chi connectivity index (χ4n) is 2.12. The first-order chi connectivity index (χ1) is 10.0. The SMILES string of the molecule is CNC(=O)C[NH2+]CC(=O)N[C@H](CC(C)C)c1ccccc1. The van der Waals surface area contributed by atoms with E-state index in [0.717, 1.165) is 12.0 Å². The molecule has 0 saturated carbocycles. The Kier molecular flexibility index (Phi) is 7.46. The van der Waals surface area contributed by atoms with E-state index in [1.165, 1.54) is 0 Å². The number of benzene rings is 1. The number of hydrogen-bond acceptors (Lipinski definition) is 2. The van der Waals surface area contributed by atoms with Crippen molar-refractivity contribution in [1.29, 1.82) is 0 Å². The lowest BCUT2D eigenvalue weighted by Gasteiger charge is -2.20. The predicted octanol–water partition coefficient (Wildman–Crippen LogP) is 0.199. The third-order valence-electron chi connectivity index (χ3n) is 3.18. The van der Waals surface area contributed by atoms with E-state index >= 15 is 0 Å². The van der Waals surface area contributed by atoms with Gasteiger partial charge in [-0.2, -0.15) is 0 Å². The van der Waals surface area contributed by atoms with E-state index in [0.29, 0.717) is 5.92 Å². The topological polar surface area (TPSA) is 74.8 Å². The minimum absolute atomic E-state index is 0.0205. The van der Waals surface area contributed by atoms with Crippen molar-refractivity contribution < 1.29 is 14.9 Å². The van der Waals surface area contributed by atoms with Gasteiger partial charge in [0, 0.05) is 7.05 Å². The number of nitrogens with two attached hydrogens (primary N) is 1. The van der Waals surface area contributed by atoms with Gasteiger partial charge in [-0.05, 0) is 17.9 Å². The number of amides is 2. The van der Waals surface area contributed by atoms with Gasteiger partial charge in [-0.3, -0.25) is 9.59 Å². The van der Waals surface area contributed by atoms with E-state index in [1.807, 2.05) is 30.3 Å². The van der Waals surface area contributed by atoms with Gasteiger partial charge in [0.2, 0.25) is 0 Å². The van der Waals surface area contributed by atoms with E-state index < -0.39 is 0 Å². The summed E-state index contributed by atoms with van der Waals surface area (Å²) >= 11 is 0. The lowest BCUT2D eigenvalue weighted by atomic mass is 9.97. The van der Waals surface area contributed by atoms with E-state index in [1.54, 1.807) is 12.4 Å². The highest BCUT2D eigenvalue weighted by atomic mass is 16.2. The second-order valence-corrected chi connectivity index (χ2v) is 5.53. The van der Waals surface area contributed by atoms with Gasteiger partial charge in [-0.25, -0.2) is 0 Å². The molecule has 21 heavy (non-hydrogen) atoms. The van der Waals surface area contributed by atoms with Crippen molar-refractivity contribution >= 4 is 11.8 Å². The van der Waals surface area contributed by atoms with Crippen molar-refractivity contribution in [1.82, 2.24) is 10.6 Å². The highest BCUT2D eigenvalue weighted by molar-refractivity contribution is 5.78. The van der Waals surface area contributed by atoms with Crippen LogP contribution in [-0.4, -0.2) is 32.0 Å². The van der Waals surface area contributed by atoms with Crippen LogP contribution in [0, 0.1) is 5.92 Å². The van der Waals surface area contributed by atoms with E-state index in [4.69, 9.17) is 0 Å². The van der Waals surface area contributed by atoms with Gasteiger partial charge in [0.1, 0.15) is 0 Å². The maximum absolute atomic E-state index is 12.0. The summed E-state index contributed by atoms with van der Waals surface area (Å²) in [6, 6.07) is 10.0. The molecule has 1 aromatic carbocycles. The number of likely N-dealkylation sites (N-methyl/N-ethyl adjacent to an activating group) is 1. The molecule has 116 valence electrons. The third kappa shape index (κ3) is 6.90. The standard InChI is InChI=1S/C16H25N3O2/c1-12(2)9-14(13-7-5-4-6-8-13)19-16(21)11-18-10-15(20)17-3/h4-8,12,14,18H,9-11H2,1-3H3,(H,17,20)(H,19,21)/p+1/t14-/m1/s1. The number of quaternary nitrogens is 1. The average molecular weight is 292 g/mol. The van der Waals surface area contributed by atoms with Crippen LogP contribution in [0.1, 0.15) is 31.9 Å². The van der Waals surface area contributed by atoms with Gasteiger partial charge in [0.05, 0.1) is 6.04 Å². The molecule has 1 atom stereocenters. The first-order valence-electron chi connectivity index (χ1n) is 7.39. The summed E-state index contributed by atoms with van der Waals surface area (Å²) in [6.45, 7) is 4.80. The lowest BCUT2D eigenvalue weighted by Crippen LogP contribution is -2.88. The van der Waals surface area contributed by atoms with Crippen LogP contribution in [0.3, 0.4) is 0 Å². The summed E-state index contributed by atoms with van der Waals surface area (Å²) in [5.41, 5.74) is 1.12. The largest absolute Gasteiger partial charge is 0.354 e. The highest BCUT2D eigenvalue weighted by Gasteiger charge is 2.16. The fourth-order valence-corrected chi connectivity index (χ4v) is 2.12. The van der Waals surface area contributed by atoms with E-state index in [-0.39, 0.29) is 30.9 Å². The Morgan fingerprint density at radius 3 is 2.29 bits per heavy atom. The summed E-state index contributed by atoms with van der Waals surface area (Å²) in [4.78, 5) is 23.1. The van der Waals surface area contributed by atoms with Crippen LogP contribution in [-0.2, 0) is 9.59 Å². The zero-order valence-corrected chi connectivity index (χ0v) is 13.1. The number of rotatable bonds is 8. The van der Waals surface area contributed by atoms with Gasteiger partial charge in [0.15, 0.2) is 13.1 Å². The molecule has 0 aliphatic rings. The van der Waals surface area contributed by atoms with E-state index in [9.17, 15) is 9.59 Å². The first-order valence-corrected chi connectivity index (χ1v) is 7.39. The lowest BCUT2D eigenvalue weighted by molar-refractivity contribution is -0.633. The molecule has 5 nitrogen and oxygen atoms in total. The minimum Gasteiger partial charge on any atom is -0.354 e. The molecule has 0 heterocycles. The molecule has 5 heteroatoms. The van der Waals surface area contributed by atoms with Crippen LogP contribution < -0.4 is 16.0 Å². The fraction of sp³-hybridized carbons (Fsp3) is 0.500. The maximum Gasteiger partial charge on any atom is 0.275 e. The van der Waals surface area contributed by atoms with Gasteiger partial charge in [-0.1, -0.05) is 44.2 Å². The van der Waals surface area contributed by atoms with Crippen molar-refractivity contribution in [3.05, 3.63) is 35.9 Å². The monoisotopic (exact) mass is 292 g/mol. The smallest absolute Gasteiger partial charge is 0.275 e. The molecule has 0 aliphatic carbocycles. The molecule has 2 amide bonds. The molecule has 4 N–H and O–H groups in total. The molecule has 0 aliphatic heterocycles. The van der Waals surface area contributed by atoms with E-state index in [2.05, 4.69) is 24.5 Å². The maximum atomic E-state index is 12.0. The Morgan fingerprint density at radius 1 is 1.10 bits per heavy atom. The molecular formula is C16H26N3O2+. The minimum atomic E-state index is -0.0791. The third-order valence-corrected chi connectivity index (χ3v) is 3.18. The van der Waals surface area contributed by atoms with Crippen molar-refractivity contribution in [2.45, 2.75) is 26.3 Å². The quantitative estimate of drug-likeness (QED) is 0.640. The van der Waals surface area contributed by atoms with Crippen molar-refractivity contribution in [3.63, 3.8) is 0 Å². The van der Waals surface area contributed by atoms with Gasteiger partial charge in [-0.15, -0.1) is 0 Å². The zero-order valence-electron chi connectivity index (χ0n) is 13.1. The van der Waals surface area contributed by atoms with Crippen molar-refractivity contribution in [2.24, 2.45) is 5.92 Å². The predicted molar refractivity (Wildman–Crippen MR) is 82.5 cm³/mol. The second kappa shape index (κ2) is 9.13. The Balaban J connectivity index is 2.53. The molecule has 1 rings (SSSR count). The summed E-state index contributed by atoms with van der Waals surface area (Å²) in [5.74, 6) is 0.364. The summed E-state index contributed by atoms with van der Waals surface area (Å²) in [5, 5.41) is 7.28. The number of carbonyl (C=O) groups is 2. The van der Waals surface area contributed by atoms with Crippen LogP contribution in [0.4, 0.5) is 0 Å². The van der Waals surface area contributed by atoms with Gasteiger partial charge in [0.25, 0.3) is 11.8 Å². The van der Waals surface area contributed by atoms with Crippen LogP contribution >= 0.6 is 0 Å². The number of carbonyl (C=O) groups excluding carboxylic acids is 2. The molecule has 1 aromatic rings. The molecule has 0 bridgehead atoms. The first kappa shape index (κ1) is 17.2. The second-order valence-electron chi connectivity index (χ2n) is 5.53. The van der Waals surface area contributed by atoms with Crippen LogP contribution in [0.15, 0.2) is 30.3 Å². The van der Waals surface area contributed by atoms with Gasteiger partial charge < -0.3 is 16.0 Å². The summed E-state index contributed by atoms with van der Waals surface area (Å²) < 4.78 is 0. The molecule has 0 radical (unpaired) electrons. The molecule has 0 aromatic heterocycles. The highest BCUT2D eigenvalue weighted by Crippen LogP contribution is 2.20. The molecule has 0 unspecified atom stereocenters. The van der Waals surface area contributed by atoms with Crippen LogP contribution in [0.2, 0.25) is 0 Å². The molecule has 0 fully saturated rings. The number of nitrogens with one attached hydrogen (secondary N) is 2. The number of hydrogen-bond donors (Lipinski definition) is 3. The molecule has 0 saturated heterocycles. The summed E-state index contributed by atoms with van der Waals surface area (Å²) in [7, 11) is 1.59. The molecular weight excluding hydrogens is 266 g/mol. The van der Waals surface area contributed by atoms with Crippen LogP contribution in [0.25, 0.3) is 0 Å².